The van der Waals surface area contributed by atoms with Crippen LogP contribution in [0.4, 0.5) is 0 Å². The molecular formula is C14H28N2O. The maximum absolute atomic E-state index is 5.66. The molecule has 0 bridgehead atoms. The molecule has 0 aromatic heterocycles. The van der Waals surface area contributed by atoms with E-state index in [-0.39, 0.29) is 0 Å². The van der Waals surface area contributed by atoms with Crippen molar-refractivity contribution < 1.29 is 4.74 Å². The molecule has 1 aliphatic heterocycles. The van der Waals surface area contributed by atoms with Gasteiger partial charge in [0.25, 0.3) is 0 Å². The highest BCUT2D eigenvalue weighted by Crippen LogP contribution is 2.29. The molecular weight excluding hydrogens is 212 g/mol. The fourth-order valence-corrected chi connectivity index (χ4v) is 3.14. The molecule has 0 radical (unpaired) electrons. The molecule has 100 valence electrons. The average Bonchev–Trinajstić information content (AvgIpc) is 2.32. The highest BCUT2D eigenvalue weighted by atomic mass is 16.5. The summed E-state index contributed by atoms with van der Waals surface area (Å²) in [6.07, 6.45) is 5.78. The van der Waals surface area contributed by atoms with Crippen molar-refractivity contribution in [1.82, 2.24) is 10.2 Å². The van der Waals surface area contributed by atoms with Gasteiger partial charge in [-0.2, -0.15) is 0 Å². The smallest absolute Gasteiger partial charge is 0.0604 e. The molecule has 3 heteroatoms. The fraction of sp³-hybridized carbons (Fsp3) is 1.00. The monoisotopic (exact) mass is 240 g/mol. The Kier molecular flexibility index (Phi) is 5.26. The predicted octanol–water partition coefficient (Wildman–Crippen LogP) is 1.88. The highest BCUT2D eigenvalue weighted by Gasteiger charge is 2.34. The second-order valence-electron chi connectivity index (χ2n) is 5.48. The molecule has 1 saturated carbocycles. The van der Waals surface area contributed by atoms with E-state index in [1.165, 1.54) is 51.9 Å². The summed E-state index contributed by atoms with van der Waals surface area (Å²) >= 11 is 0. The van der Waals surface area contributed by atoms with E-state index in [0.29, 0.717) is 6.10 Å². The van der Waals surface area contributed by atoms with Gasteiger partial charge in [-0.1, -0.05) is 6.92 Å². The maximum Gasteiger partial charge on any atom is 0.0604 e. The van der Waals surface area contributed by atoms with Gasteiger partial charge < -0.3 is 15.0 Å². The number of ether oxygens (including phenoxy) is 1. The topological polar surface area (TPSA) is 24.5 Å². The van der Waals surface area contributed by atoms with Gasteiger partial charge in [-0.25, -0.2) is 0 Å². The van der Waals surface area contributed by atoms with Gasteiger partial charge in [0.2, 0.25) is 0 Å². The summed E-state index contributed by atoms with van der Waals surface area (Å²) in [4.78, 5) is 2.69. The van der Waals surface area contributed by atoms with Crippen LogP contribution in [0.15, 0.2) is 0 Å². The first-order chi connectivity index (χ1) is 8.33. The molecule has 1 heterocycles. The van der Waals surface area contributed by atoms with E-state index < -0.39 is 0 Å². The Morgan fingerprint density at radius 3 is 2.47 bits per heavy atom. The lowest BCUT2D eigenvalue weighted by Crippen LogP contribution is -2.50. The van der Waals surface area contributed by atoms with Crippen LogP contribution in [0.2, 0.25) is 0 Å². The van der Waals surface area contributed by atoms with Gasteiger partial charge in [0.05, 0.1) is 6.10 Å². The molecule has 1 aliphatic carbocycles. The molecule has 2 rings (SSSR count). The largest absolute Gasteiger partial charge is 0.378 e. The standard InChI is InChI=1S/C14H28N2O/c1-3-16(11-12-5-7-15-8-6-12)13-9-14(10-13)17-4-2/h12-15H,3-11H2,1-2H3. The third kappa shape index (κ3) is 3.67. The zero-order valence-electron chi connectivity index (χ0n) is 11.5. The molecule has 2 aliphatic rings. The van der Waals surface area contributed by atoms with Gasteiger partial charge in [-0.3, -0.25) is 0 Å². The van der Waals surface area contributed by atoms with E-state index in [2.05, 4.69) is 24.1 Å². The lowest BCUT2D eigenvalue weighted by Gasteiger charge is -2.44. The molecule has 0 spiro atoms. The van der Waals surface area contributed by atoms with Crippen LogP contribution in [0.5, 0.6) is 0 Å². The Morgan fingerprint density at radius 1 is 1.18 bits per heavy atom. The van der Waals surface area contributed by atoms with Crippen LogP contribution in [0.1, 0.15) is 39.5 Å². The van der Waals surface area contributed by atoms with Gasteiger partial charge in [-0.05, 0) is 58.2 Å². The van der Waals surface area contributed by atoms with E-state index in [1.807, 2.05) is 0 Å². The minimum absolute atomic E-state index is 0.548. The Labute approximate surface area is 106 Å². The van der Waals surface area contributed by atoms with Gasteiger partial charge in [0, 0.05) is 19.2 Å². The zero-order valence-corrected chi connectivity index (χ0v) is 11.5. The summed E-state index contributed by atoms with van der Waals surface area (Å²) in [7, 11) is 0. The Morgan fingerprint density at radius 2 is 1.88 bits per heavy atom. The molecule has 1 N–H and O–H groups in total. The van der Waals surface area contributed by atoms with Crippen molar-refractivity contribution in [3.8, 4) is 0 Å². The Balaban J connectivity index is 1.70. The SMILES string of the molecule is CCOC1CC(N(CC)CC2CCNCC2)C1. The number of nitrogens with one attached hydrogen (secondary N) is 1. The van der Waals surface area contributed by atoms with Crippen LogP contribution >= 0.6 is 0 Å². The molecule has 0 unspecified atom stereocenters. The van der Waals surface area contributed by atoms with Gasteiger partial charge in [-0.15, -0.1) is 0 Å². The van der Waals surface area contributed by atoms with Crippen molar-refractivity contribution in [3.05, 3.63) is 0 Å². The molecule has 0 aromatic carbocycles. The van der Waals surface area contributed by atoms with Crippen LogP contribution in [0.3, 0.4) is 0 Å². The molecule has 0 amide bonds. The van der Waals surface area contributed by atoms with E-state index >= 15 is 0 Å². The lowest BCUT2D eigenvalue weighted by molar-refractivity contribution is -0.0491. The van der Waals surface area contributed by atoms with Crippen molar-refractivity contribution in [1.29, 1.82) is 0 Å². The van der Waals surface area contributed by atoms with Crippen molar-refractivity contribution in [2.75, 3.05) is 32.8 Å². The summed E-state index contributed by atoms with van der Waals surface area (Å²) in [5.41, 5.74) is 0. The Hall–Kier alpha value is -0.120. The summed E-state index contributed by atoms with van der Waals surface area (Å²) in [6, 6.07) is 0.798. The summed E-state index contributed by atoms with van der Waals surface area (Å²) < 4.78 is 5.66. The molecule has 17 heavy (non-hydrogen) atoms. The summed E-state index contributed by atoms with van der Waals surface area (Å²) in [5.74, 6) is 0.919. The maximum atomic E-state index is 5.66. The molecule has 0 atom stereocenters. The van der Waals surface area contributed by atoms with E-state index in [1.54, 1.807) is 0 Å². The number of rotatable bonds is 6. The van der Waals surface area contributed by atoms with Gasteiger partial charge in [0.15, 0.2) is 0 Å². The van der Waals surface area contributed by atoms with E-state index in [4.69, 9.17) is 4.74 Å². The third-order valence-electron chi connectivity index (χ3n) is 4.35. The van der Waals surface area contributed by atoms with Crippen LogP contribution in [-0.4, -0.2) is 49.8 Å². The summed E-state index contributed by atoms with van der Waals surface area (Å²) in [6.45, 7) is 10.2. The molecule has 1 saturated heterocycles. The first-order valence-electron chi connectivity index (χ1n) is 7.39. The minimum Gasteiger partial charge on any atom is -0.378 e. The predicted molar refractivity (Wildman–Crippen MR) is 71.3 cm³/mol. The first-order valence-corrected chi connectivity index (χ1v) is 7.39. The molecule has 3 nitrogen and oxygen atoms in total. The number of hydrogen-bond acceptors (Lipinski definition) is 3. The lowest BCUT2D eigenvalue weighted by atomic mass is 9.86. The second-order valence-corrected chi connectivity index (χ2v) is 5.48. The van der Waals surface area contributed by atoms with Crippen LogP contribution in [0, 0.1) is 5.92 Å². The normalized spacial score (nSPS) is 30.5. The number of piperidine rings is 1. The molecule has 2 fully saturated rings. The quantitative estimate of drug-likeness (QED) is 0.767. The van der Waals surface area contributed by atoms with Crippen molar-refractivity contribution in [3.63, 3.8) is 0 Å². The number of hydrogen-bond donors (Lipinski definition) is 1. The summed E-state index contributed by atoms with van der Waals surface area (Å²) in [5, 5.41) is 3.45. The molecule has 0 aromatic rings. The van der Waals surface area contributed by atoms with Gasteiger partial charge >= 0.3 is 0 Å². The van der Waals surface area contributed by atoms with Crippen molar-refractivity contribution in [2.45, 2.75) is 51.7 Å². The second kappa shape index (κ2) is 6.72. The van der Waals surface area contributed by atoms with Crippen LogP contribution in [0.25, 0.3) is 0 Å². The zero-order chi connectivity index (χ0) is 12.1. The number of nitrogens with zero attached hydrogens (tertiary/aromatic N) is 1. The third-order valence-corrected chi connectivity index (χ3v) is 4.35. The first kappa shape index (κ1) is 13.3. The Bertz CT molecular complexity index is 210. The van der Waals surface area contributed by atoms with Crippen molar-refractivity contribution in [2.24, 2.45) is 5.92 Å². The van der Waals surface area contributed by atoms with Crippen molar-refractivity contribution >= 4 is 0 Å². The van der Waals surface area contributed by atoms with Gasteiger partial charge in [0.1, 0.15) is 0 Å². The van der Waals surface area contributed by atoms with E-state index in [0.717, 1.165) is 18.6 Å². The highest BCUT2D eigenvalue weighted by molar-refractivity contribution is 4.89. The van der Waals surface area contributed by atoms with E-state index in [9.17, 15) is 0 Å². The minimum atomic E-state index is 0.548. The van der Waals surface area contributed by atoms with Crippen LogP contribution < -0.4 is 5.32 Å². The van der Waals surface area contributed by atoms with Crippen LogP contribution in [-0.2, 0) is 4.74 Å². The fourth-order valence-electron chi connectivity index (χ4n) is 3.14. The average molecular weight is 240 g/mol.